The molecule has 0 unspecified atom stereocenters. The number of hydrogen-bond donors (Lipinski definition) is 2. The minimum Gasteiger partial charge on any atom is -0.496 e. The Balaban J connectivity index is 2.40. The molecule has 0 saturated carbocycles. The van der Waals surface area contributed by atoms with E-state index in [0.717, 1.165) is 30.1 Å². The summed E-state index contributed by atoms with van der Waals surface area (Å²) in [5.74, 6) is 0.934. The van der Waals surface area contributed by atoms with Gasteiger partial charge in [-0.3, -0.25) is 0 Å². The molecule has 3 nitrogen and oxygen atoms in total. The average molecular weight is 236 g/mol. The Labute approximate surface area is 105 Å². The SMILES string of the molecule is COc1ccc(NCCNC(C)(C)C)cc1C. The molecule has 0 bridgehead atoms. The number of aryl methyl sites for hydroxylation is 1. The Morgan fingerprint density at radius 3 is 2.41 bits per heavy atom. The summed E-state index contributed by atoms with van der Waals surface area (Å²) in [5.41, 5.74) is 2.47. The second-order valence-electron chi connectivity index (χ2n) is 5.29. The van der Waals surface area contributed by atoms with Crippen LogP contribution >= 0.6 is 0 Å². The van der Waals surface area contributed by atoms with Crippen LogP contribution in [0.3, 0.4) is 0 Å². The minimum absolute atomic E-state index is 0.178. The maximum Gasteiger partial charge on any atom is 0.121 e. The van der Waals surface area contributed by atoms with Gasteiger partial charge >= 0.3 is 0 Å². The standard InChI is InChI=1S/C14H24N2O/c1-11-10-12(6-7-13(11)17-5)15-8-9-16-14(2,3)4/h6-7,10,15-16H,8-9H2,1-5H3. The van der Waals surface area contributed by atoms with E-state index in [0.29, 0.717) is 0 Å². The summed E-state index contributed by atoms with van der Waals surface area (Å²) in [6.45, 7) is 10.4. The first-order valence-corrected chi connectivity index (χ1v) is 6.06. The van der Waals surface area contributed by atoms with Crippen molar-refractivity contribution in [2.75, 3.05) is 25.5 Å². The van der Waals surface area contributed by atoms with Gasteiger partial charge in [0.25, 0.3) is 0 Å². The number of ether oxygens (including phenoxy) is 1. The molecule has 0 aromatic heterocycles. The molecule has 96 valence electrons. The Hall–Kier alpha value is -1.22. The van der Waals surface area contributed by atoms with E-state index in [4.69, 9.17) is 4.74 Å². The van der Waals surface area contributed by atoms with E-state index in [1.165, 1.54) is 0 Å². The topological polar surface area (TPSA) is 33.3 Å². The summed E-state index contributed by atoms with van der Waals surface area (Å²) in [6, 6.07) is 6.15. The van der Waals surface area contributed by atoms with Gasteiger partial charge in [0.05, 0.1) is 7.11 Å². The van der Waals surface area contributed by atoms with Gasteiger partial charge in [0.2, 0.25) is 0 Å². The smallest absolute Gasteiger partial charge is 0.121 e. The normalized spacial score (nSPS) is 11.4. The number of rotatable bonds is 5. The van der Waals surface area contributed by atoms with Gasteiger partial charge in [-0.05, 0) is 51.5 Å². The van der Waals surface area contributed by atoms with Crippen LogP contribution in [-0.2, 0) is 0 Å². The Morgan fingerprint density at radius 2 is 1.88 bits per heavy atom. The van der Waals surface area contributed by atoms with Crippen molar-refractivity contribution in [1.29, 1.82) is 0 Å². The third kappa shape index (κ3) is 5.09. The molecule has 0 radical (unpaired) electrons. The molecule has 0 atom stereocenters. The molecule has 0 aliphatic rings. The molecule has 0 aliphatic heterocycles. The van der Waals surface area contributed by atoms with E-state index in [2.05, 4.69) is 44.4 Å². The van der Waals surface area contributed by atoms with Crippen molar-refractivity contribution in [3.8, 4) is 5.75 Å². The van der Waals surface area contributed by atoms with Crippen LogP contribution in [0.1, 0.15) is 26.3 Å². The first kappa shape index (κ1) is 13.8. The lowest BCUT2D eigenvalue weighted by Gasteiger charge is -2.20. The Morgan fingerprint density at radius 1 is 1.18 bits per heavy atom. The molecule has 2 N–H and O–H groups in total. The Kier molecular flexibility index (Phi) is 4.82. The van der Waals surface area contributed by atoms with Crippen LogP contribution in [0.15, 0.2) is 18.2 Å². The van der Waals surface area contributed by atoms with Crippen molar-refractivity contribution in [1.82, 2.24) is 5.32 Å². The summed E-state index contributed by atoms with van der Waals surface area (Å²) in [5, 5.41) is 6.83. The van der Waals surface area contributed by atoms with Crippen molar-refractivity contribution in [3.05, 3.63) is 23.8 Å². The molecule has 0 fully saturated rings. The molecule has 1 aromatic rings. The molecule has 0 heterocycles. The molecule has 0 amide bonds. The molecule has 0 aliphatic carbocycles. The average Bonchev–Trinajstić information content (AvgIpc) is 2.23. The first-order chi connectivity index (χ1) is 7.92. The van der Waals surface area contributed by atoms with Gasteiger partial charge in [-0.2, -0.15) is 0 Å². The third-order valence-corrected chi connectivity index (χ3v) is 2.50. The lowest BCUT2D eigenvalue weighted by molar-refractivity contribution is 0.412. The quantitative estimate of drug-likeness (QED) is 0.771. The molecule has 3 heteroatoms. The van der Waals surface area contributed by atoms with Crippen molar-refractivity contribution in [3.63, 3.8) is 0 Å². The zero-order chi connectivity index (χ0) is 12.9. The highest BCUT2D eigenvalue weighted by atomic mass is 16.5. The molecule has 0 spiro atoms. The third-order valence-electron chi connectivity index (χ3n) is 2.50. The summed E-state index contributed by atoms with van der Waals surface area (Å²) in [4.78, 5) is 0. The van der Waals surface area contributed by atoms with Crippen molar-refractivity contribution >= 4 is 5.69 Å². The van der Waals surface area contributed by atoms with E-state index < -0.39 is 0 Å². The van der Waals surface area contributed by atoms with Gasteiger partial charge in [0, 0.05) is 24.3 Å². The van der Waals surface area contributed by atoms with Crippen molar-refractivity contribution < 1.29 is 4.74 Å². The van der Waals surface area contributed by atoms with E-state index in [9.17, 15) is 0 Å². The molecule has 17 heavy (non-hydrogen) atoms. The summed E-state index contributed by atoms with van der Waals surface area (Å²) in [7, 11) is 1.70. The van der Waals surface area contributed by atoms with Crippen LogP contribution in [0, 0.1) is 6.92 Å². The largest absolute Gasteiger partial charge is 0.496 e. The van der Waals surface area contributed by atoms with Crippen LogP contribution < -0.4 is 15.4 Å². The molecular formula is C14H24N2O. The predicted octanol–water partition coefficient (Wildman–Crippen LogP) is 2.80. The molecular weight excluding hydrogens is 212 g/mol. The maximum atomic E-state index is 5.23. The number of nitrogens with one attached hydrogen (secondary N) is 2. The Bertz CT molecular complexity index is 356. The van der Waals surface area contributed by atoms with Crippen LogP contribution in [0.2, 0.25) is 0 Å². The molecule has 0 saturated heterocycles. The fraction of sp³-hybridized carbons (Fsp3) is 0.571. The van der Waals surface area contributed by atoms with Crippen LogP contribution in [-0.4, -0.2) is 25.7 Å². The lowest BCUT2D eigenvalue weighted by Crippen LogP contribution is -2.38. The van der Waals surface area contributed by atoms with Crippen molar-refractivity contribution in [2.45, 2.75) is 33.2 Å². The second-order valence-corrected chi connectivity index (χ2v) is 5.29. The first-order valence-electron chi connectivity index (χ1n) is 6.06. The van der Waals surface area contributed by atoms with E-state index in [1.807, 2.05) is 12.1 Å². The molecule has 1 aromatic carbocycles. The van der Waals surface area contributed by atoms with E-state index >= 15 is 0 Å². The van der Waals surface area contributed by atoms with Gasteiger partial charge in [-0.1, -0.05) is 0 Å². The van der Waals surface area contributed by atoms with Crippen molar-refractivity contribution in [2.24, 2.45) is 0 Å². The van der Waals surface area contributed by atoms with E-state index in [-0.39, 0.29) is 5.54 Å². The number of benzene rings is 1. The summed E-state index contributed by atoms with van der Waals surface area (Å²) in [6.07, 6.45) is 0. The number of hydrogen-bond acceptors (Lipinski definition) is 3. The highest BCUT2D eigenvalue weighted by Crippen LogP contribution is 2.20. The second kappa shape index (κ2) is 5.92. The van der Waals surface area contributed by atoms with Gasteiger partial charge in [0.1, 0.15) is 5.75 Å². The highest BCUT2D eigenvalue weighted by Gasteiger charge is 2.07. The maximum absolute atomic E-state index is 5.23. The molecule has 1 rings (SSSR count). The summed E-state index contributed by atoms with van der Waals surface area (Å²) >= 11 is 0. The van der Waals surface area contributed by atoms with Gasteiger partial charge in [-0.25, -0.2) is 0 Å². The fourth-order valence-corrected chi connectivity index (χ4v) is 1.63. The minimum atomic E-state index is 0.178. The van der Waals surface area contributed by atoms with Gasteiger partial charge < -0.3 is 15.4 Å². The van der Waals surface area contributed by atoms with Gasteiger partial charge in [-0.15, -0.1) is 0 Å². The van der Waals surface area contributed by atoms with Crippen LogP contribution in [0.4, 0.5) is 5.69 Å². The number of anilines is 1. The predicted molar refractivity (Wildman–Crippen MR) is 74.0 cm³/mol. The zero-order valence-electron chi connectivity index (χ0n) is 11.6. The fourth-order valence-electron chi connectivity index (χ4n) is 1.63. The van der Waals surface area contributed by atoms with Crippen LogP contribution in [0.25, 0.3) is 0 Å². The number of methoxy groups -OCH3 is 1. The monoisotopic (exact) mass is 236 g/mol. The summed E-state index contributed by atoms with van der Waals surface area (Å²) < 4.78 is 5.23. The highest BCUT2D eigenvalue weighted by molar-refractivity contribution is 5.50. The van der Waals surface area contributed by atoms with Gasteiger partial charge in [0.15, 0.2) is 0 Å². The van der Waals surface area contributed by atoms with E-state index in [1.54, 1.807) is 7.11 Å². The lowest BCUT2D eigenvalue weighted by atomic mass is 10.1. The zero-order valence-corrected chi connectivity index (χ0v) is 11.6. The van der Waals surface area contributed by atoms with Crippen LogP contribution in [0.5, 0.6) is 5.75 Å².